The van der Waals surface area contributed by atoms with Gasteiger partial charge in [-0.25, -0.2) is 9.78 Å². The zero-order chi connectivity index (χ0) is 20.3. The van der Waals surface area contributed by atoms with Crippen molar-refractivity contribution in [2.24, 2.45) is 5.92 Å². The van der Waals surface area contributed by atoms with E-state index in [1.54, 1.807) is 0 Å². The lowest BCUT2D eigenvalue weighted by Crippen LogP contribution is -2.29. The fraction of sp³-hybridized carbons (Fsp3) is 0.444. The molecule has 3 unspecified atom stereocenters. The molecule has 28 heavy (non-hydrogen) atoms. The number of carbonyl (C=O) groups is 1. The lowest BCUT2D eigenvalue weighted by atomic mass is 9.85. The molecule has 3 N–H and O–H groups in total. The van der Waals surface area contributed by atoms with E-state index in [9.17, 15) is 23.1 Å². The van der Waals surface area contributed by atoms with E-state index in [1.807, 2.05) is 12.5 Å². The van der Waals surface area contributed by atoms with Crippen LogP contribution in [0.15, 0.2) is 36.8 Å². The maximum Gasteiger partial charge on any atom is 0.494 e. The van der Waals surface area contributed by atoms with Gasteiger partial charge < -0.3 is 15.0 Å². The van der Waals surface area contributed by atoms with Gasteiger partial charge >= 0.3 is 12.1 Å². The van der Waals surface area contributed by atoms with Crippen LogP contribution in [0.2, 0.25) is 0 Å². The van der Waals surface area contributed by atoms with Crippen LogP contribution >= 0.6 is 0 Å². The Morgan fingerprint density at radius 3 is 2.64 bits per heavy atom. The molecule has 1 aromatic carbocycles. The largest absolute Gasteiger partial charge is 0.494 e. The molecule has 3 atom stereocenters. The first kappa shape index (κ1) is 20.3. The molecule has 152 valence electrons. The number of hydrogen-bond acceptors (Lipinski definition) is 6. The third-order valence-electron chi connectivity index (χ3n) is 5.01. The summed E-state index contributed by atoms with van der Waals surface area (Å²) >= 11 is 0. The van der Waals surface area contributed by atoms with Crippen LogP contribution in [-0.4, -0.2) is 51.3 Å². The number of alkyl halides is 3. The predicted octanol–water partition coefficient (Wildman–Crippen LogP) is 2.38. The van der Waals surface area contributed by atoms with Gasteiger partial charge in [0.1, 0.15) is 0 Å². The Balaban J connectivity index is 0.000000242. The van der Waals surface area contributed by atoms with Crippen LogP contribution in [-0.2, 0) is 9.68 Å². The topological polar surface area (TPSA) is 96.6 Å². The molecule has 2 aliphatic rings. The smallest absolute Gasteiger partial charge is 0.393 e. The van der Waals surface area contributed by atoms with Gasteiger partial charge in [-0.05, 0) is 31.5 Å². The van der Waals surface area contributed by atoms with Gasteiger partial charge in [0.2, 0.25) is 0 Å². The molecular weight excluding hydrogens is 379 g/mol. The minimum Gasteiger partial charge on any atom is -0.393 e. The average molecular weight is 399 g/mol. The van der Waals surface area contributed by atoms with Gasteiger partial charge in [-0.3, -0.25) is 4.89 Å². The van der Waals surface area contributed by atoms with Crippen molar-refractivity contribution in [2.75, 3.05) is 13.1 Å². The molecule has 1 aromatic heterocycles. The predicted molar refractivity (Wildman–Crippen MR) is 92.2 cm³/mol. The Labute approximate surface area is 158 Å². The average Bonchev–Trinajstić information content (AvgIpc) is 3.18. The summed E-state index contributed by atoms with van der Waals surface area (Å²) in [6.45, 7) is 1.88. The molecule has 2 aliphatic heterocycles. The van der Waals surface area contributed by atoms with E-state index in [1.165, 1.54) is 16.8 Å². The molecule has 1 fully saturated rings. The maximum absolute atomic E-state index is 10.8. The molecule has 3 heterocycles. The first-order chi connectivity index (χ1) is 13.3. The Bertz CT molecular complexity index is 824. The number of fused-ring (bicyclic) bond motifs is 3. The molecule has 2 aromatic rings. The van der Waals surface area contributed by atoms with Gasteiger partial charge in [-0.1, -0.05) is 24.3 Å². The zero-order valence-corrected chi connectivity index (χ0v) is 14.8. The molecule has 7 nitrogen and oxygen atoms in total. The molecule has 0 bridgehead atoms. The minimum absolute atomic E-state index is 0.221. The molecule has 0 spiro atoms. The van der Waals surface area contributed by atoms with Crippen molar-refractivity contribution < 1.29 is 33.2 Å². The van der Waals surface area contributed by atoms with E-state index in [4.69, 9.17) is 5.26 Å². The Hall–Kier alpha value is -2.43. The van der Waals surface area contributed by atoms with Crippen LogP contribution in [0, 0.1) is 5.92 Å². The number of aliphatic hydroxyl groups excluding tert-OH is 1. The second kappa shape index (κ2) is 8.29. The molecule has 4 rings (SSSR count). The fourth-order valence-corrected chi connectivity index (χ4v) is 3.78. The molecule has 10 heteroatoms. The second-order valence-corrected chi connectivity index (χ2v) is 6.65. The quantitative estimate of drug-likeness (QED) is 0.503. The SMILES string of the molecule is O=C(OO)C(F)(F)F.OC1CCNCCC1C1c2ccccc2-c2cncn21. The number of aliphatic hydroxyl groups is 1. The maximum atomic E-state index is 10.8. The van der Waals surface area contributed by atoms with Crippen molar-refractivity contribution in [2.45, 2.75) is 31.2 Å². The summed E-state index contributed by atoms with van der Waals surface area (Å²) in [4.78, 5) is 15.9. The number of imidazole rings is 1. The van der Waals surface area contributed by atoms with Crippen molar-refractivity contribution in [3.63, 3.8) is 0 Å². The van der Waals surface area contributed by atoms with Crippen molar-refractivity contribution in [1.82, 2.24) is 14.9 Å². The summed E-state index contributed by atoms with van der Waals surface area (Å²) in [7, 11) is 0. The molecular formula is C18H20F3N3O4. The van der Waals surface area contributed by atoms with Gasteiger partial charge in [0, 0.05) is 11.5 Å². The first-order valence-corrected chi connectivity index (χ1v) is 8.77. The minimum atomic E-state index is -5.10. The standard InChI is InChI=1S/C16H19N3O.C2HF3O3/c20-15-6-8-17-7-5-13(15)16-12-4-2-1-3-11(12)14-9-18-10-19(14)16;3-2(4,5)1(6)8-7/h1-4,9-10,13,15-17,20H,5-8H2;7H. The van der Waals surface area contributed by atoms with Crippen LogP contribution in [0.5, 0.6) is 0 Å². The number of aromatic nitrogens is 2. The summed E-state index contributed by atoms with van der Waals surface area (Å²) < 4.78 is 34.7. The van der Waals surface area contributed by atoms with Gasteiger partial charge in [0.15, 0.2) is 0 Å². The number of carbonyl (C=O) groups excluding carboxylic acids is 1. The van der Waals surface area contributed by atoms with E-state index in [-0.39, 0.29) is 18.1 Å². The summed E-state index contributed by atoms with van der Waals surface area (Å²) in [6, 6.07) is 8.73. The third kappa shape index (κ3) is 4.03. The second-order valence-electron chi connectivity index (χ2n) is 6.65. The van der Waals surface area contributed by atoms with E-state index >= 15 is 0 Å². The van der Waals surface area contributed by atoms with Gasteiger partial charge in [-0.2, -0.15) is 18.4 Å². The van der Waals surface area contributed by atoms with E-state index in [0.29, 0.717) is 0 Å². The number of hydrogen-bond donors (Lipinski definition) is 3. The van der Waals surface area contributed by atoms with E-state index in [2.05, 4.69) is 44.0 Å². The third-order valence-corrected chi connectivity index (χ3v) is 5.01. The summed E-state index contributed by atoms with van der Waals surface area (Å²) in [6.07, 6.45) is 0.307. The number of rotatable bonds is 1. The van der Waals surface area contributed by atoms with E-state index < -0.39 is 12.1 Å². The monoisotopic (exact) mass is 399 g/mol. The lowest BCUT2D eigenvalue weighted by molar-refractivity contribution is -0.272. The van der Waals surface area contributed by atoms with Crippen LogP contribution in [0.1, 0.15) is 24.4 Å². The van der Waals surface area contributed by atoms with E-state index in [0.717, 1.165) is 25.9 Å². The number of nitrogens with one attached hydrogen (secondary N) is 1. The van der Waals surface area contributed by atoms with Crippen LogP contribution in [0.4, 0.5) is 13.2 Å². The highest BCUT2D eigenvalue weighted by molar-refractivity contribution is 5.74. The Morgan fingerprint density at radius 2 is 1.96 bits per heavy atom. The van der Waals surface area contributed by atoms with Crippen LogP contribution in [0.25, 0.3) is 11.3 Å². The van der Waals surface area contributed by atoms with Gasteiger partial charge in [-0.15, -0.1) is 0 Å². The molecule has 0 saturated carbocycles. The Kier molecular flexibility index (Phi) is 6.01. The molecule has 0 aliphatic carbocycles. The van der Waals surface area contributed by atoms with Gasteiger partial charge in [0.05, 0.1) is 30.4 Å². The highest BCUT2D eigenvalue weighted by Gasteiger charge is 2.41. The van der Waals surface area contributed by atoms with Crippen molar-refractivity contribution in [3.05, 3.63) is 42.4 Å². The van der Waals surface area contributed by atoms with Crippen LogP contribution < -0.4 is 5.32 Å². The summed E-state index contributed by atoms with van der Waals surface area (Å²) in [5.74, 6) is -2.36. The Morgan fingerprint density at radius 1 is 1.25 bits per heavy atom. The molecule has 1 saturated heterocycles. The lowest BCUT2D eigenvalue weighted by Gasteiger charge is -2.28. The summed E-state index contributed by atoms with van der Waals surface area (Å²) in [5.41, 5.74) is 3.77. The number of nitrogens with zero attached hydrogens (tertiary/aromatic N) is 2. The normalized spacial score (nSPS) is 23.7. The fourth-order valence-electron chi connectivity index (χ4n) is 3.78. The molecule has 0 radical (unpaired) electrons. The number of halogens is 3. The van der Waals surface area contributed by atoms with Crippen LogP contribution in [0.3, 0.4) is 0 Å². The zero-order valence-electron chi connectivity index (χ0n) is 14.8. The molecule has 0 amide bonds. The first-order valence-electron chi connectivity index (χ1n) is 8.77. The highest BCUT2D eigenvalue weighted by atomic mass is 19.4. The van der Waals surface area contributed by atoms with Gasteiger partial charge in [0.25, 0.3) is 0 Å². The van der Waals surface area contributed by atoms with Crippen molar-refractivity contribution >= 4 is 5.97 Å². The van der Waals surface area contributed by atoms with Crippen molar-refractivity contribution in [1.29, 1.82) is 0 Å². The van der Waals surface area contributed by atoms with Crippen molar-refractivity contribution in [3.8, 4) is 11.3 Å². The number of benzene rings is 1. The highest BCUT2D eigenvalue weighted by Crippen LogP contribution is 2.45. The summed E-state index contributed by atoms with van der Waals surface area (Å²) in [5, 5.41) is 21.0.